The lowest BCUT2D eigenvalue weighted by atomic mass is 10.1. The van der Waals surface area contributed by atoms with Gasteiger partial charge in [-0.05, 0) is 45.8 Å². The van der Waals surface area contributed by atoms with Gasteiger partial charge in [-0.25, -0.2) is 4.39 Å². The van der Waals surface area contributed by atoms with Crippen molar-refractivity contribution in [3.8, 4) is 0 Å². The minimum atomic E-state index is -0.476. The van der Waals surface area contributed by atoms with Gasteiger partial charge in [-0.2, -0.15) is 0 Å². The van der Waals surface area contributed by atoms with Gasteiger partial charge in [0.15, 0.2) is 0 Å². The van der Waals surface area contributed by atoms with Crippen molar-refractivity contribution in [1.82, 2.24) is 0 Å². The van der Waals surface area contributed by atoms with E-state index in [0.717, 1.165) is 11.3 Å². The van der Waals surface area contributed by atoms with Crippen molar-refractivity contribution in [1.29, 1.82) is 0 Å². The Morgan fingerprint density at radius 2 is 2.00 bits per heavy atom. The van der Waals surface area contributed by atoms with Crippen molar-refractivity contribution in [2.75, 3.05) is 5.32 Å². The average Bonchev–Trinajstić information content (AvgIpc) is 2.41. The molecule has 0 saturated heterocycles. The largest absolute Gasteiger partial charge is 0.381 e. The van der Waals surface area contributed by atoms with Gasteiger partial charge >= 0.3 is 0 Å². The molecule has 0 unspecified atom stereocenters. The summed E-state index contributed by atoms with van der Waals surface area (Å²) in [6.07, 6.45) is 0. The first-order valence-electron chi connectivity index (χ1n) is 5.64. The van der Waals surface area contributed by atoms with Crippen LogP contribution in [-0.2, 0) is 6.54 Å². The first kappa shape index (κ1) is 13.5. The quantitative estimate of drug-likeness (QED) is 0.907. The monoisotopic (exact) mass is 322 g/mol. The third-order valence-electron chi connectivity index (χ3n) is 2.66. The standard InChI is InChI=1S/C14H12BrFN2O/c15-13-10(4-2-6-12(13)16)8-18-11-5-1-3-9(7-11)14(17)19/h1-7,18H,8H2,(H2,17,19). The molecule has 1 amide bonds. The lowest BCUT2D eigenvalue weighted by molar-refractivity contribution is 0.100. The smallest absolute Gasteiger partial charge is 0.248 e. The average molecular weight is 323 g/mol. The Bertz CT molecular complexity index is 616. The summed E-state index contributed by atoms with van der Waals surface area (Å²) in [6.45, 7) is 0.445. The first-order chi connectivity index (χ1) is 9.08. The topological polar surface area (TPSA) is 55.1 Å². The number of nitrogens with one attached hydrogen (secondary N) is 1. The van der Waals surface area contributed by atoms with E-state index in [9.17, 15) is 9.18 Å². The molecule has 0 aliphatic rings. The van der Waals surface area contributed by atoms with E-state index < -0.39 is 5.91 Å². The van der Waals surface area contributed by atoms with Crippen LogP contribution in [0.1, 0.15) is 15.9 Å². The van der Waals surface area contributed by atoms with Crippen LogP contribution in [0.3, 0.4) is 0 Å². The number of nitrogens with two attached hydrogens (primary N) is 1. The van der Waals surface area contributed by atoms with E-state index in [1.807, 2.05) is 12.1 Å². The second-order valence-electron chi connectivity index (χ2n) is 4.01. The highest BCUT2D eigenvalue weighted by molar-refractivity contribution is 9.10. The summed E-state index contributed by atoms with van der Waals surface area (Å²) >= 11 is 3.20. The van der Waals surface area contributed by atoms with Crippen molar-refractivity contribution in [3.63, 3.8) is 0 Å². The number of amides is 1. The van der Waals surface area contributed by atoms with Gasteiger partial charge in [0, 0.05) is 17.8 Å². The van der Waals surface area contributed by atoms with Crippen LogP contribution in [0.2, 0.25) is 0 Å². The number of hydrogen-bond donors (Lipinski definition) is 2. The molecule has 2 rings (SSSR count). The number of primary amides is 1. The summed E-state index contributed by atoms with van der Waals surface area (Å²) in [5.74, 6) is -0.777. The van der Waals surface area contributed by atoms with Crippen LogP contribution < -0.4 is 11.1 Å². The molecule has 3 nitrogen and oxygen atoms in total. The minimum Gasteiger partial charge on any atom is -0.381 e. The second-order valence-corrected chi connectivity index (χ2v) is 4.80. The highest BCUT2D eigenvalue weighted by Crippen LogP contribution is 2.21. The predicted octanol–water partition coefficient (Wildman–Crippen LogP) is 3.30. The summed E-state index contributed by atoms with van der Waals surface area (Å²) in [5, 5.41) is 3.12. The number of anilines is 1. The lowest BCUT2D eigenvalue weighted by Crippen LogP contribution is -2.11. The lowest BCUT2D eigenvalue weighted by Gasteiger charge is -2.09. The molecule has 3 N–H and O–H groups in total. The summed E-state index contributed by atoms with van der Waals surface area (Å²) in [7, 11) is 0. The SMILES string of the molecule is NC(=O)c1cccc(NCc2cccc(F)c2Br)c1. The number of hydrogen-bond acceptors (Lipinski definition) is 2. The van der Waals surface area contributed by atoms with Crippen LogP contribution >= 0.6 is 15.9 Å². The van der Waals surface area contributed by atoms with E-state index in [1.165, 1.54) is 6.07 Å². The fraction of sp³-hybridized carbons (Fsp3) is 0.0714. The molecule has 2 aromatic rings. The van der Waals surface area contributed by atoms with E-state index in [0.29, 0.717) is 16.6 Å². The van der Waals surface area contributed by atoms with Crippen LogP contribution in [0.4, 0.5) is 10.1 Å². The van der Waals surface area contributed by atoms with E-state index in [4.69, 9.17) is 5.73 Å². The zero-order chi connectivity index (χ0) is 13.8. The Morgan fingerprint density at radius 1 is 1.26 bits per heavy atom. The van der Waals surface area contributed by atoms with E-state index in [1.54, 1.807) is 24.3 Å². The van der Waals surface area contributed by atoms with Gasteiger partial charge in [-0.15, -0.1) is 0 Å². The van der Waals surface area contributed by atoms with Gasteiger partial charge in [-0.3, -0.25) is 4.79 Å². The van der Waals surface area contributed by atoms with Gasteiger partial charge in [0.1, 0.15) is 5.82 Å². The van der Waals surface area contributed by atoms with Crippen molar-refractivity contribution >= 4 is 27.5 Å². The van der Waals surface area contributed by atoms with Crippen LogP contribution in [-0.4, -0.2) is 5.91 Å². The third kappa shape index (κ3) is 3.32. The summed E-state index contributed by atoms with van der Waals surface area (Å²) in [4.78, 5) is 11.1. The molecule has 0 aliphatic carbocycles. The van der Waals surface area contributed by atoms with Crippen molar-refractivity contribution in [2.24, 2.45) is 5.73 Å². The summed E-state index contributed by atoms with van der Waals surface area (Å²) in [5.41, 5.74) is 7.20. The molecule has 0 radical (unpaired) electrons. The highest BCUT2D eigenvalue weighted by atomic mass is 79.9. The Kier molecular flexibility index (Phi) is 4.16. The Hall–Kier alpha value is -1.88. The first-order valence-corrected chi connectivity index (χ1v) is 6.44. The summed E-state index contributed by atoms with van der Waals surface area (Å²) in [6, 6.07) is 11.7. The molecule has 0 aromatic heterocycles. The Labute approximate surface area is 118 Å². The van der Waals surface area contributed by atoms with Crippen molar-refractivity contribution in [2.45, 2.75) is 6.54 Å². The van der Waals surface area contributed by atoms with Crippen LogP contribution in [0.15, 0.2) is 46.9 Å². The highest BCUT2D eigenvalue weighted by Gasteiger charge is 2.05. The van der Waals surface area contributed by atoms with Crippen LogP contribution in [0.25, 0.3) is 0 Å². The maximum Gasteiger partial charge on any atom is 0.248 e. The fourth-order valence-electron chi connectivity index (χ4n) is 1.66. The van der Waals surface area contributed by atoms with Crippen molar-refractivity contribution in [3.05, 3.63) is 63.9 Å². The fourth-order valence-corrected chi connectivity index (χ4v) is 2.07. The number of carbonyl (C=O) groups excluding carboxylic acids is 1. The number of halogens is 2. The van der Waals surface area contributed by atoms with E-state index in [2.05, 4.69) is 21.2 Å². The number of carbonyl (C=O) groups is 1. The molecule has 19 heavy (non-hydrogen) atoms. The molecule has 2 aromatic carbocycles. The van der Waals surface area contributed by atoms with Gasteiger partial charge in [-0.1, -0.05) is 18.2 Å². The number of rotatable bonds is 4. The molecule has 0 aliphatic heterocycles. The molecule has 0 saturated carbocycles. The second kappa shape index (κ2) is 5.84. The molecule has 0 fully saturated rings. The molecule has 98 valence electrons. The minimum absolute atomic E-state index is 0.301. The molecule has 0 heterocycles. The Balaban J connectivity index is 2.12. The molecular formula is C14H12BrFN2O. The van der Waals surface area contributed by atoms with Crippen LogP contribution in [0, 0.1) is 5.82 Å². The maximum absolute atomic E-state index is 13.3. The van der Waals surface area contributed by atoms with Gasteiger partial charge in [0.2, 0.25) is 5.91 Å². The van der Waals surface area contributed by atoms with E-state index >= 15 is 0 Å². The number of benzene rings is 2. The van der Waals surface area contributed by atoms with Crippen molar-refractivity contribution < 1.29 is 9.18 Å². The van der Waals surface area contributed by atoms with Gasteiger partial charge in [0.05, 0.1) is 4.47 Å². The van der Waals surface area contributed by atoms with Gasteiger partial charge < -0.3 is 11.1 Å². The normalized spacial score (nSPS) is 10.2. The predicted molar refractivity (Wildman–Crippen MR) is 76.4 cm³/mol. The maximum atomic E-state index is 13.3. The molecule has 5 heteroatoms. The third-order valence-corrected chi connectivity index (χ3v) is 3.55. The van der Waals surface area contributed by atoms with Gasteiger partial charge in [0.25, 0.3) is 0 Å². The molecule has 0 spiro atoms. The van der Waals surface area contributed by atoms with Crippen LogP contribution in [0.5, 0.6) is 0 Å². The van der Waals surface area contributed by atoms with E-state index in [-0.39, 0.29) is 5.82 Å². The summed E-state index contributed by atoms with van der Waals surface area (Å²) < 4.78 is 13.8. The Morgan fingerprint density at radius 3 is 2.74 bits per heavy atom. The molecular weight excluding hydrogens is 311 g/mol. The zero-order valence-corrected chi connectivity index (χ0v) is 11.6. The molecule has 0 atom stereocenters. The molecule has 0 bridgehead atoms. The zero-order valence-electron chi connectivity index (χ0n) is 9.99.